The standard InChI is InChI=1S/C16H23Cl2N3O5S2/c1-12-10-21(11-13(2)26-12)28(24,25)20-5-3-19(4-6-20)27(22,23)16-8-14(17)7-15(18)9-16/h7-9,12-13H,3-6,10-11H2,1-2H3. The molecule has 2 heterocycles. The molecular weight excluding hydrogens is 449 g/mol. The van der Waals surface area contributed by atoms with E-state index in [1.807, 2.05) is 13.8 Å². The van der Waals surface area contributed by atoms with Gasteiger partial charge in [-0.25, -0.2) is 8.42 Å². The van der Waals surface area contributed by atoms with Gasteiger partial charge < -0.3 is 4.74 Å². The van der Waals surface area contributed by atoms with Crippen LogP contribution in [0.2, 0.25) is 10.0 Å². The molecule has 0 saturated carbocycles. The molecular formula is C16H23Cl2N3O5S2. The Labute approximate surface area is 176 Å². The summed E-state index contributed by atoms with van der Waals surface area (Å²) in [5.41, 5.74) is 0. The predicted octanol–water partition coefficient (Wildman–Crippen LogP) is 1.65. The SMILES string of the molecule is CC1CN(S(=O)(=O)N2CCN(S(=O)(=O)c3cc(Cl)cc(Cl)c3)CC2)CC(C)O1. The maximum absolute atomic E-state index is 12.9. The summed E-state index contributed by atoms with van der Waals surface area (Å²) >= 11 is 11.8. The highest BCUT2D eigenvalue weighted by atomic mass is 35.5. The highest BCUT2D eigenvalue weighted by Crippen LogP contribution is 2.26. The van der Waals surface area contributed by atoms with Crippen LogP contribution >= 0.6 is 23.2 Å². The van der Waals surface area contributed by atoms with Gasteiger partial charge in [-0.15, -0.1) is 0 Å². The zero-order chi connectivity index (χ0) is 20.7. The van der Waals surface area contributed by atoms with Crippen LogP contribution < -0.4 is 0 Å². The molecule has 2 atom stereocenters. The summed E-state index contributed by atoms with van der Waals surface area (Å²) < 4.78 is 61.2. The van der Waals surface area contributed by atoms with Gasteiger partial charge in [0.15, 0.2) is 0 Å². The average Bonchev–Trinajstić information content (AvgIpc) is 2.60. The summed E-state index contributed by atoms with van der Waals surface area (Å²) in [5.74, 6) is 0. The monoisotopic (exact) mass is 471 g/mol. The lowest BCUT2D eigenvalue weighted by atomic mass is 10.3. The minimum absolute atomic E-state index is 0.00265. The van der Waals surface area contributed by atoms with Crippen LogP contribution in [-0.4, -0.2) is 81.2 Å². The van der Waals surface area contributed by atoms with Gasteiger partial charge in [0.2, 0.25) is 10.0 Å². The maximum atomic E-state index is 12.9. The van der Waals surface area contributed by atoms with Crippen molar-refractivity contribution >= 4 is 43.4 Å². The molecule has 2 aliphatic rings. The molecule has 2 fully saturated rings. The number of nitrogens with zero attached hydrogens (tertiary/aromatic N) is 3. The highest BCUT2D eigenvalue weighted by molar-refractivity contribution is 7.89. The van der Waals surface area contributed by atoms with Gasteiger partial charge in [0.1, 0.15) is 0 Å². The average molecular weight is 472 g/mol. The van der Waals surface area contributed by atoms with E-state index in [4.69, 9.17) is 27.9 Å². The lowest BCUT2D eigenvalue weighted by molar-refractivity contribution is -0.0456. The third kappa shape index (κ3) is 4.65. The summed E-state index contributed by atoms with van der Waals surface area (Å²) in [4.78, 5) is -0.00265. The Kier molecular flexibility index (Phi) is 6.63. The number of rotatable bonds is 4. The van der Waals surface area contributed by atoms with Gasteiger partial charge in [0.25, 0.3) is 10.2 Å². The molecule has 0 aromatic heterocycles. The zero-order valence-corrected chi connectivity index (χ0v) is 18.7. The van der Waals surface area contributed by atoms with Crippen molar-refractivity contribution in [2.75, 3.05) is 39.3 Å². The van der Waals surface area contributed by atoms with Gasteiger partial charge in [0, 0.05) is 49.3 Å². The first kappa shape index (κ1) is 22.2. The van der Waals surface area contributed by atoms with Gasteiger partial charge >= 0.3 is 0 Å². The molecule has 0 N–H and O–H groups in total. The number of hydrogen-bond acceptors (Lipinski definition) is 5. The quantitative estimate of drug-likeness (QED) is 0.665. The molecule has 0 amide bonds. The van der Waals surface area contributed by atoms with Gasteiger partial charge in [-0.3, -0.25) is 0 Å². The lowest BCUT2D eigenvalue weighted by Crippen LogP contribution is -2.57. The first-order valence-corrected chi connectivity index (χ1v) is 12.5. The van der Waals surface area contributed by atoms with E-state index in [-0.39, 0.29) is 66.4 Å². The van der Waals surface area contributed by atoms with E-state index in [2.05, 4.69) is 0 Å². The van der Waals surface area contributed by atoms with Crippen molar-refractivity contribution < 1.29 is 21.6 Å². The Morgan fingerprint density at radius 1 is 0.821 bits per heavy atom. The summed E-state index contributed by atoms with van der Waals surface area (Å²) in [6, 6.07) is 4.13. The minimum Gasteiger partial charge on any atom is -0.373 e. The zero-order valence-electron chi connectivity index (χ0n) is 15.6. The molecule has 0 bridgehead atoms. The molecule has 1 aromatic rings. The molecule has 28 heavy (non-hydrogen) atoms. The normalized spacial score (nSPS) is 26.4. The van der Waals surface area contributed by atoms with E-state index in [1.165, 1.54) is 31.1 Å². The fourth-order valence-electron chi connectivity index (χ4n) is 3.45. The second-order valence-electron chi connectivity index (χ2n) is 6.99. The van der Waals surface area contributed by atoms with E-state index in [1.54, 1.807) is 0 Å². The highest BCUT2D eigenvalue weighted by Gasteiger charge is 2.38. The summed E-state index contributed by atoms with van der Waals surface area (Å²) in [6.07, 6.45) is -0.375. The van der Waals surface area contributed by atoms with Crippen molar-refractivity contribution in [2.24, 2.45) is 0 Å². The van der Waals surface area contributed by atoms with Crippen LogP contribution in [-0.2, 0) is 25.0 Å². The number of morpholine rings is 1. The molecule has 0 radical (unpaired) electrons. The van der Waals surface area contributed by atoms with Gasteiger partial charge in [-0.1, -0.05) is 23.2 Å². The second kappa shape index (κ2) is 8.35. The van der Waals surface area contributed by atoms with Gasteiger partial charge in [-0.2, -0.15) is 21.3 Å². The number of ether oxygens (including phenoxy) is 1. The molecule has 2 saturated heterocycles. The van der Waals surface area contributed by atoms with Crippen LogP contribution in [0.1, 0.15) is 13.8 Å². The third-order valence-electron chi connectivity index (χ3n) is 4.71. The molecule has 12 heteroatoms. The first-order valence-electron chi connectivity index (χ1n) is 8.87. The fourth-order valence-corrected chi connectivity index (χ4v) is 7.35. The number of hydrogen-bond donors (Lipinski definition) is 0. The fraction of sp³-hybridized carbons (Fsp3) is 0.625. The van der Waals surface area contributed by atoms with Crippen LogP contribution in [0.4, 0.5) is 0 Å². The Balaban J connectivity index is 1.71. The summed E-state index contributed by atoms with van der Waals surface area (Å²) in [6.45, 7) is 4.50. The Morgan fingerprint density at radius 2 is 1.29 bits per heavy atom. The number of sulfonamides is 1. The smallest absolute Gasteiger partial charge is 0.282 e. The Bertz CT molecular complexity index is 903. The Morgan fingerprint density at radius 3 is 1.79 bits per heavy atom. The lowest BCUT2D eigenvalue weighted by Gasteiger charge is -2.40. The van der Waals surface area contributed by atoms with Crippen molar-refractivity contribution in [2.45, 2.75) is 31.0 Å². The Hall–Kier alpha value is -0.460. The molecule has 158 valence electrons. The van der Waals surface area contributed by atoms with E-state index >= 15 is 0 Å². The van der Waals surface area contributed by atoms with Gasteiger partial charge in [0.05, 0.1) is 17.1 Å². The molecule has 0 spiro atoms. The molecule has 2 aliphatic heterocycles. The van der Waals surface area contributed by atoms with Crippen LogP contribution in [0.3, 0.4) is 0 Å². The van der Waals surface area contributed by atoms with E-state index in [9.17, 15) is 16.8 Å². The molecule has 3 rings (SSSR count). The number of piperazine rings is 1. The van der Waals surface area contributed by atoms with E-state index in [0.29, 0.717) is 0 Å². The molecule has 8 nitrogen and oxygen atoms in total. The van der Waals surface area contributed by atoms with Crippen LogP contribution in [0.5, 0.6) is 0 Å². The topological polar surface area (TPSA) is 87.2 Å². The third-order valence-corrected chi connectivity index (χ3v) is 8.99. The van der Waals surface area contributed by atoms with Crippen molar-refractivity contribution in [1.29, 1.82) is 0 Å². The van der Waals surface area contributed by atoms with E-state index in [0.717, 1.165) is 0 Å². The summed E-state index contributed by atoms with van der Waals surface area (Å²) in [5, 5.41) is 0.450. The maximum Gasteiger partial charge on any atom is 0.282 e. The van der Waals surface area contributed by atoms with Crippen LogP contribution in [0.25, 0.3) is 0 Å². The van der Waals surface area contributed by atoms with Crippen LogP contribution in [0.15, 0.2) is 23.1 Å². The summed E-state index contributed by atoms with van der Waals surface area (Å²) in [7, 11) is -7.48. The first-order chi connectivity index (χ1) is 13.0. The van der Waals surface area contributed by atoms with Crippen LogP contribution in [0, 0.1) is 0 Å². The van der Waals surface area contributed by atoms with Crippen molar-refractivity contribution in [3.05, 3.63) is 28.2 Å². The molecule has 2 unspecified atom stereocenters. The van der Waals surface area contributed by atoms with Gasteiger partial charge in [-0.05, 0) is 32.0 Å². The molecule has 0 aliphatic carbocycles. The van der Waals surface area contributed by atoms with E-state index < -0.39 is 20.2 Å². The number of benzene rings is 1. The number of halogens is 2. The largest absolute Gasteiger partial charge is 0.373 e. The van der Waals surface area contributed by atoms with Crippen molar-refractivity contribution in [3.8, 4) is 0 Å². The minimum atomic E-state index is -3.81. The molecule has 1 aromatic carbocycles. The van der Waals surface area contributed by atoms with Crippen molar-refractivity contribution in [1.82, 2.24) is 12.9 Å². The predicted molar refractivity (Wildman–Crippen MR) is 107 cm³/mol. The van der Waals surface area contributed by atoms with Crippen molar-refractivity contribution in [3.63, 3.8) is 0 Å². The second-order valence-corrected chi connectivity index (χ2v) is 11.7.